The van der Waals surface area contributed by atoms with Gasteiger partial charge in [-0.25, -0.2) is 0 Å². The van der Waals surface area contributed by atoms with Crippen LogP contribution in [0.5, 0.6) is 0 Å². The molecule has 2 aliphatic carbocycles. The van der Waals surface area contributed by atoms with E-state index in [0.717, 1.165) is 36.3 Å². The number of carbonyl (C=O) groups excluding carboxylic acids is 1. The molecule has 2 fully saturated rings. The van der Waals surface area contributed by atoms with Crippen LogP contribution in [0.25, 0.3) is 0 Å². The van der Waals surface area contributed by atoms with Gasteiger partial charge in [0.05, 0.1) is 5.41 Å². The number of hydrogen-bond acceptors (Lipinski definition) is 2. The van der Waals surface area contributed by atoms with E-state index in [0.29, 0.717) is 12.2 Å². The summed E-state index contributed by atoms with van der Waals surface area (Å²) in [6.45, 7) is 3.45. The van der Waals surface area contributed by atoms with Gasteiger partial charge in [-0.3, -0.25) is 4.79 Å². The normalized spacial score (nSPS) is 25.1. The number of rotatable bonds is 2. The minimum atomic E-state index is -0.157. The fraction of sp³-hybridized carbons (Fsp3) is 0.588. The average molecular weight is 334 g/mol. The Labute approximate surface area is 128 Å². The summed E-state index contributed by atoms with van der Waals surface area (Å²) in [5.74, 6) is 1.41. The molecule has 1 aliphatic heterocycles. The first kappa shape index (κ1) is 13.0. The highest BCUT2D eigenvalue weighted by Crippen LogP contribution is 2.45. The Bertz CT molecular complexity index is 556. The van der Waals surface area contributed by atoms with Gasteiger partial charge in [0.25, 0.3) is 0 Å². The highest BCUT2D eigenvalue weighted by atomic mass is 79.9. The van der Waals surface area contributed by atoms with E-state index in [9.17, 15) is 4.79 Å². The molecule has 1 heterocycles. The zero-order valence-corrected chi connectivity index (χ0v) is 13.3. The Balaban J connectivity index is 1.57. The van der Waals surface area contributed by atoms with Crippen molar-refractivity contribution in [2.75, 3.05) is 19.6 Å². The molecule has 1 spiro atoms. The Kier molecular flexibility index (Phi) is 3.04. The van der Waals surface area contributed by atoms with Crippen LogP contribution in [0.1, 0.15) is 36.8 Å². The van der Waals surface area contributed by atoms with Crippen molar-refractivity contribution < 1.29 is 4.79 Å². The molecule has 0 bridgehead atoms. The van der Waals surface area contributed by atoms with E-state index >= 15 is 0 Å². The predicted octanol–water partition coefficient (Wildman–Crippen LogP) is 3.32. The van der Waals surface area contributed by atoms with Crippen LogP contribution in [-0.4, -0.2) is 30.3 Å². The molecule has 0 unspecified atom stereocenters. The maximum atomic E-state index is 12.6. The molecule has 3 aliphatic rings. The van der Waals surface area contributed by atoms with Gasteiger partial charge in [-0.05, 0) is 68.0 Å². The van der Waals surface area contributed by atoms with Gasteiger partial charge in [0, 0.05) is 17.4 Å². The molecule has 1 aromatic carbocycles. The van der Waals surface area contributed by atoms with E-state index in [2.05, 4.69) is 39.0 Å². The first-order chi connectivity index (χ1) is 9.67. The zero-order valence-electron chi connectivity index (χ0n) is 11.7. The molecule has 106 valence electrons. The summed E-state index contributed by atoms with van der Waals surface area (Å²) >= 11 is 3.52. The van der Waals surface area contributed by atoms with Gasteiger partial charge in [0.1, 0.15) is 5.78 Å². The summed E-state index contributed by atoms with van der Waals surface area (Å²) in [7, 11) is 0. The number of carbonyl (C=O) groups is 1. The van der Waals surface area contributed by atoms with Crippen molar-refractivity contribution >= 4 is 21.7 Å². The molecule has 1 saturated carbocycles. The quantitative estimate of drug-likeness (QED) is 0.827. The van der Waals surface area contributed by atoms with Crippen LogP contribution in [0.2, 0.25) is 0 Å². The van der Waals surface area contributed by atoms with E-state index in [1.165, 1.54) is 30.5 Å². The van der Waals surface area contributed by atoms with Gasteiger partial charge in [-0.15, -0.1) is 0 Å². The molecule has 0 aromatic heterocycles. The highest BCUT2D eigenvalue weighted by Gasteiger charge is 2.47. The average Bonchev–Trinajstić information content (AvgIpc) is 3.20. The maximum absolute atomic E-state index is 12.6. The van der Waals surface area contributed by atoms with Gasteiger partial charge >= 0.3 is 0 Å². The molecule has 1 aromatic rings. The molecule has 0 N–H and O–H groups in total. The van der Waals surface area contributed by atoms with Crippen molar-refractivity contribution in [3.63, 3.8) is 0 Å². The van der Waals surface area contributed by atoms with Crippen LogP contribution < -0.4 is 0 Å². The lowest BCUT2D eigenvalue weighted by Crippen LogP contribution is -2.46. The molecule has 1 saturated heterocycles. The Morgan fingerprint density at radius 1 is 1.25 bits per heavy atom. The van der Waals surface area contributed by atoms with Crippen molar-refractivity contribution in [2.24, 2.45) is 5.92 Å². The number of hydrogen-bond donors (Lipinski definition) is 0. The summed E-state index contributed by atoms with van der Waals surface area (Å²) in [6.07, 6.45) is 5.51. The number of ketones is 1. The second-order valence-corrected chi connectivity index (χ2v) is 7.64. The van der Waals surface area contributed by atoms with Crippen molar-refractivity contribution in [1.29, 1.82) is 0 Å². The first-order valence-corrected chi connectivity index (χ1v) is 8.51. The number of piperidine rings is 1. The number of nitrogens with zero attached hydrogens (tertiary/aromatic N) is 1. The third-order valence-electron chi connectivity index (χ3n) is 5.39. The fourth-order valence-electron chi connectivity index (χ4n) is 4.00. The van der Waals surface area contributed by atoms with Crippen LogP contribution in [0.3, 0.4) is 0 Å². The smallest absolute Gasteiger partial charge is 0.147 e. The first-order valence-electron chi connectivity index (χ1n) is 7.72. The maximum Gasteiger partial charge on any atom is 0.147 e. The molecule has 0 atom stereocenters. The predicted molar refractivity (Wildman–Crippen MR) is 82.9 cm³/mol. The van der Waals surface area contributed by atoms with Crippen molar-refractivity contribution in [2.45, 2.75) is 37.5 Å². The van der Waals surface area contributed by atoms with Crippen LogP contribution in [-0.2, 0) is 16.6 Å². The molecular formula is C17H20BrNO. The van der Waals surface area contributed by atoms with Gasteiger partial charge in [0.15, 0.2) is 0 Å². The third-order valence-corrected chi connectivity index (χ3v) is 5.88. The van der Waals surface area contributed by atoms with E-state index in [1.54, 1.807) is 0 Å². The minimum absolute atomic E-state index is 0.157. The lowest BCUT2D eigenvalue weighted by Gasteiger charge is -2.39. The van der Waals surface area contributed by atoms with Gasteiger partial charge in [-0.1, -0.05) is 22.0 Å². The molecule has 0 amide bonds. The van der Waals surface area contributed by atoms with Crippen LogP contribution in [0, 0.1) is 5.92 Å². The summed E-state index contributed by atoms with van der Waals surface area (Å²) in [5.41, 5.74) is 2.41. The number of fused-ring (bicyclic) bond motifs is 2. The van der Waals surface area contributed by atoms with Crippen molar-refractivity contribution in [3.8, 4) is 0 Å². The Morgan fingerprint density at radius 3 is 2.70 bits per heavy atom. The van der Waals surface area contributed by atoms with Gasteiger partial charge in [0.2, 0.25) is 0 Å². The number of Topliss-reactive ketones (excluding diaryl/α,β-unsaturated/α-hetero) is 1. The summed E-state index contributed by atoms with van der Waals surface area (Å²) in [4.78, 5) is 15.2. The van der Waals surface area contributed by atoms with E-state index in [4.69, 9.17) is 0 Å². The largest absolute Gasteiger partial charge is 0.303 e. The monoisotopic (exact) mass is 333 g/mol. The van der Waals surface area contributed by atoms with E-state index in [1.807, 2.05) is 0 Å². The lowest BCUT2D eigenvalue weighted by molar-refractivity contribution is -0.124. The van der Waals surface area contributed by atoms with Crippen LogP contribution >= 0.6 is 15.9 Å². The number of halogens is 1. The van der Waals surface area contributed by atoms with Crippen LogP contribution in [0.4, 0.5) is 0 Å². The number of likely N-dealkylation sites (tertiary alicyclic amines) is 1. The highest BCUT2D eigenvalue weighted by molar-refractivity contribution is 9.10. The summed E-state index contributed by atoms with van der Waals surface area (Å²) in [6, 6.07) is 6.41. The SMILES string of the molecule is O=C1Cc2cc(Br)ccc2C12CCN(CC1CC1)CC2. The van der Waals surface area contributed by atoms with Gasteiger partial charge < -0.3 is 4.90 Å². The topological polar surface area (TPSA) is 20.3 Å². The lowest BCUT2D eigenvalue weighted by atomic mass is 9.73. The molecule has 4 rings (SSSR count). The van der Waals surface area contributed by atoms with Crippen molar-refractivity contribution in [1.82, 2.24) is 4.90 Å². The fourth-order valence-corrected chi connectivity index (χ4v) is 4.41. The second-order valence-electron chi connectivity index (χ2n) is 6.73. The van der Waals surface area contributed by atoms with Gasteiger partial charge in [-0.2, -0.15) is 0 Å². The van der Waals surface area contributed by atoms with E-state index in [-0.39, 0.29) is 5.41 Å². The summed E-state index contributed by atoms with van der Waals surface area (Å²) < 4.78 is 1.09. The third kappa shape index (κ3) is 2.06. The zero-order chi connectivity index (χ0) is 13.7. The molecule has 3 heteroatoms. The molecular weight excluding hydrogens is 314 g/mol. The van der Waals surface area contributed by atoms with E-state index < -0.39 is 0 Å². The Morgan fingerprint density at radius 2 is 2.00 bits per heavy atom. The number of benzene rings is 1. The van der Waals surface area contributed by atoms with Crippen LogP contribution in [0.15, 0.2) is 22.7 Å². The molecule has 20 heavy (non-hydrogen) atoms. The summed E-state index contributed by atoms with van der Waals surface area (Å²) in [5, 5.41) is 0. The minimum Gasteiger partial charge on any atom is -0.303 e. The molecule has 0 radical (unpaired) electrons. The van der Waals surface area contributed by atoms with Crippen molar-refractivity contribution in [3.05, 3.63) is 33.8 Å². The second kappa shape index (κ2) is 4.67. The Hall–Kier alpha value is -0.670. The molecule has 2 nitrogen and oxygen atoms in total. The standard InChI is InChI=1S/C17H20BrNO/c18-14-3-4-15-13(9-14)10-16(20)17(15)5-7-19(8-6-17)11-12-1-2-12/h3-4,9,12H,1-2,5-8,10-11H2.